The van der Waals surface area contributed by atoms with Crippen LogP contribution in [0.1, 0.15) is 22.6 Å². The normalized spacial score (nSPS) is 11.9. The van der Waals surface area contributed by atoms with Crippen molar-refractivity contribution in [2.75, 3.05) is 0 Å². The summed E-state index contributed by atoms with van der Waals surface area (Å²) in [5, 5.41) is 14.7. The van der Waals surface area contributed by atoms with Gasteiger partial charge in [0, 0.05) is 11.1 Å². The number of rotatable bonds is 2. The Morgan fingerprint density at radius 1 is 1.03 bits per heavy atom. The summed E-state index contributed by atoms with van der Waals surface area (Å²) >= 11 is 0. The standard InChI is InChI=1S/C23H22F3NO2Si/c1-14-20(15(2)29-27-14)21-17(11-12-30(3,4)5)22(28)19(23(24,25)26)13-18(21)16-9-7-6-8-10-16/h6-10,13,28H,1-5H3. The van der Waals surface area contributed by atoms with Crippen molar-refractivity contribution in [3.05, 3.63) is 59.0 Å². The second-order valence-electron chi connectivity index (χ2n) is 8.13. The van der Waals surface area contributed by atoms with Crippen LogP contribution in [0.4, 0.5) is 13.2 Å². The number of hydrogen-bond donors (Lipinski definition) is 1. The molecule has 0 saturated heterocycles. The Morgan fingerprint density at radius 3 is 2.17 bits per heavy atom. The van der Waals surface area contributed by atoms with Crippen molar-refractivity contribution in [2.45, 2.75) is 39.7 Å². The predicted octanol–water partition coefficient (Wildman–Crippen LogP) is 6.58. The highest BCUT2D eigenvalue weighted by Crippen LogP contribution is 2.47. The minimum absolute atomic E-state index is 0.0551. The summed E-state index contributed by atoms with van der Waals surface area (Å²) in [7, 11) is -1.95. The van der Waals surface area contributed by atoms with Gasteiger partial charge in [0.05, 0.1) is 16.8 Å². The van der Waals surface area contributed by atoms with Gasteiger partial charge in [-0.1, -0.05) is 61.0 Å². The number of aromatic hydroxyl groups is 1. The molecule has 156 valence electrons. The van der Waals surface area contributed by atoms with Crippen molar-refractivity contribution in [1.29, 1.82) is 0 Å². The van der Waals surface area contributed by atoms with Crippen molar-refractivity contribution in [1.82, 2.24) is 5.16 Å². The first-order valence-corrected chi connectivity index (χ1v) is 12.9. The fourth-order valence-electron chi connectivity index (χ4n) is 3.21. The maximum atomic E-state index is 13.8. The molecule has 0 atom stereocenters. The average molecular weight is 430 g/mol. The van der Waals surface area contributed by atoms with Crippen molar-refractivity contribution >= 4 is 8.07 Å². The average Bonchev–Trinajstić information content (AvgIpc) is 2.97. The van der Waals surface area contributed by atoms with E-state index in [4.69, 9.17) is 4.52 Å². The Labute approximate surface area is 174 Å². The first-order valence-electron chi connectivity index (χ1n) is 9.39. The van der Waals surface area contributed by atoms with E-state index in [1.54, 1.807) is 44.2 Å². The molecule has 0 fully saturated rings. The van der Waals surface area contributed by atoms with E-state index in [1.165, 1.54) is 0 Å². The van der Waals surface area contributed by atoms with Crippen LogP contribution in [0, 0.1) is 25.3 Å². The highest BCUT2D eigenvalue weighted by molar-refractivity contribution is 6.83. The lowest BCUT2D eigenvalue weighted by Crippen LogP contribution is -2.16. The van der Waals surface area contributed by atoms with Crippen LogP contribution in [0.5, 0.6) is 5.75 Å². The molecule has 0 aliphatic rings. The summed E-state index contributed by atoms with van der Waals surface area (Å²) in [6.45, 7) is 9.36. The maximum Gasteiger partial charge on any atom is 0.420 e. The van der Waals surface area contributed by atoms with Crippen LogP contribution < -0.4 is 0 Å². The van der Waals surface area contributed by atoms with Crippen molar-refractivity contribution < 1.29 is 22.8 Å². The van der Waals surface area contributed by atoms with Gasteiger partial charge in [0.15, 0.2) is 0 Å². The number of phenols is 1. The molecule has 0 saturated carbocycles. The minimum Gasteiger partial charge on any atom is -0.506 e. The Bertz CT molecular complexity index is 1130. The van der Waals surface area contributed by atoms with Crippen LogP contribution in [0.3, 0.4) is 0 Å². The predicted molar refractivity (Wildman–Crippen MR) is 114 cm³/mol. The Hall–Kier alpha value is -2.98. The zero-order chi connectivity index (χ0) is 22.3. The molecule has 1 N–H and O–H groups in total. The molecule has 7 heteroatoms. The SMILES string of the molecule is Cc1noc(C)c1-c1c(-c2ccccc2)cc(C(F)(F)F)c(O)c1C#C[Si](C)(C)C. The van der Waals surface area contributed by atoms with E-state index in [0.29, 0.717) is 33.7 Å². The molecule has 0 unspecified atom stereocenters. The van der Waals surface area contributed by atoms with Gasteiger partial charge in [-0.3, -0.25) is 0 Å². The first kappa shape index (κ1) is 21.7. The van der Waals surface area contributed by atoms with Gasteiger partial charge in [0.25, 0.3) is 0 Å². The Morgan fingerprint density at radius 2 is 1.67 bits per heavy atom. The number of hydrogen-bond acceptors (Lipinski definition) is 3. The number of phenolic OH excluding ortho intramolecular Hbond substituents is 1. The summed E-state index contributed by atoms with van der Waals surface area (Å²) in [4.78, 5) is 0. The van der Waals surface area contributed by atoms with Gasteiger partial charge >= 0.3 is 6.18 Å². The molecule has 3 nitrogen and oxygen atoms in total. The fourth-order valence-corrected chi connectivity index (χ4v) is 3.71. The first-order chi connectivity index (χ1) is 13.9. The van der Waals surface area contributed by atoms with Crippen LogP contribution in [0.15, 0.2) is 40.9 Å². The van der Waals surface area contributed by atoms with Crippen LogP contribution in [-0.4, -0.2) is 18.3 Å². The third kappa shape index (κ3) is 4.29. The minimum atomic E-state index is -4.74. The molecule has 1 aromatic heterocycles. The number of alkyl halides is 3. The summed E-state index contributed by atoms with van der Waals surface area (Å²) in [6, 6.07) is 9.72. The largest absolute Gasteiger partial charge is 0.506 e. The van der Waals surface area contributed by atoms with E-state index in [1.807, 2.05) is 19.6 Å². The number of nitrogens with zero attached hydrogens (tertiary/aromatic N) is 1. The summed E-state index contributed by atoms with van der Waals surface area (Å²) in [5.74, 6) is 2.45. The second kappa shape index (κ2) is 7.69. The molecule has 0 bridgehead atoms. The van der Waals surface area contributed by atoms with Gasteiger partial charge in [0.2, 0.25) is 0 Å². The van der Waals surface area contributed by atoms with E-state index in [2.05, 4.69) is 16.6 Å². The monoisotopic (exact) mass is 429 g/mol. The Balaban J connectivity index is 2.54. The molecule has 3 aromatic rings. The van der Waals surface area contributed by atoms with Gasteiger partial charge < -0.3 is 9.63 Å². The van der Waals surface area contributed by atoms with E-state index >= 15 is 0 Å². The highest BCUT2D eigenvalue weighted by Gasteiger charge is 2.37. The highest BCUT2D eigenvalue weighted by atomic mass is 28.3. The smallest absolute Gasteiger partial charge is 0.420 e. The van der Waals surface area contributed by atoms with Gasteiger partial charge in [0.1, 0.15) is 19.6 Å². The molecule has 0 spiro atoms. The van der Waals surface area contributed by atoms with Crippen LogP contribution in [0.25, 0.3) is 22.3 Å². The van der Waals surface area contributed by atoms with Gasteiger partial charge in [-0.15, -0.1) is 5.54 Å². The van der Waals surface area contributed by atoms with E-state index in [0.717, 1.165) is 6.07 Å². The number of aromatic nitrogens is 1. The lowest BCUT2D eigenvalue weighted by Gasteiger charge is -2.19. The van der Waals surface area contributed by atoms with Crippen LogP contribution >= 0.6 is 0 Å². The number of benzene rings is 2. The molecule has 1 heterocycles. The lowest BCUT2D eigenvalue weighted by atomic mass is 9.87. The third-order valence-corrected chi connectivity index (χ3v) is 5.41. The molecule has 0 amide bonds. The van der Waals surface area contributed by atoms with Gasteiger partial charge in [-0.05, 0) is 31.0 Å². The van der Waals surface area contributed by atoms with Crippen molar-refractivity contribution in [3.8, 4) is 39.5 Å². The second-order valence-corrected chi connectivity index (χ2v) is 12.9. The Kier molecular flexibility index (Phi) is 5.57. The van der Waals surface area contributed by atoms with Crippen LogP contribution in [0.2, 0.25) is 19.6 Å². The van der Waals surface area contributed by atoms with Crippen LogP contribution in [-0.2, 0) is 6.18 Å². The number of aryl methyl sites for hydroxylation is 2. The topological polar surface area (TPSA) is 46.3 Å². The van der Waals surface area contributed by atoms with Crippen molar-refractivity contribution in [3.63, 3.8) is 0 Å². The zero-order valence-corrected chi connectivity index (χ0v) is 18.4. The lowest BCUT2D eigenvalue weighted by molar-refractivity contribution is -0.138. The molecular formula is C23H22F3NO2Si. The third-order valence-electron chi connectivity index (χ3n) is 4.54. The van der Waals surface area contributed by atoms with E-state index in [-0.39, 0.29) is 5.56 Å². The van der Waals surface area contributed by atoms with Gasteiger partial charge in [-0.2, -0.15) is 13.2 Å². The molecule has 0 aliphatic heterocycles. The summed E-state index contributed by atoms with van der Waals surface area (Å²) < 4.78 is 46.7. The number of halogens is 3. The molecule has 3 rings (SSSR count). The quantitative estimate of drug-likeness (QED) is 0.370. The molecule has 0 radical (unpaired) electrons. The zero-order valence-electron chi connectivity index (χ0n) is 17.4. The summed E-state index contributed by atoms with van der Waals surface area (Å²) in [5.41, 5.74) is 4.26. The maximum absolute atomic E-state index is 13.8. The molecular weight excluding hydrogens is 407 g/mol. The summed E-state index contributed by atoms with van der Waals surface area (Å²) in [6.07, 6.45) is -4.74. The van der Waals surface area contributed by atoms with Gasteiger partial charge in [-0.25, -0.2) is 0 Å². The van der Waals surface area contributed by atoms with Crippen molar-refractivity contribution in [2.24, 2.45) is 0 Å². The molecule has 0 aliphatic carbocycles. The molecule has 30 heavy (non-hydrogen) atoms. The van der Waals surface area contributed by atoms with E-state index in [9.17, 15) is 18.3 Å². The molecule has 2 aromatic carbocycles. The van der Waals surface area contributed by atoms with E-state index < -0.39 is 25.6 Å². The fraction of sp³-hybridized carbons (Fsp3) is 0.261.